The van der Waals surface area contributed by atoms with Crippen molar-refractivity contribution < 1.29 is 9.84 Å². The monoisotopic (exact) mass is 375 g/mol. The van der Waals surface area contributed by atoms with E-state index in [1.807, 2.05) is 62.5 Å². The fraction of sp³-hybridized carbons (Fsp3) is 0.136. The maximum Gasteiger partial charge on any atom is 0.280 e. The molecule has 3 N–H and O–H groups in total. The summed E-state index contributed by atoms with van der Waals surface area (Å²) in [4.78, 5) is 13.1. The summed E-state index contributed by atoms with van der Waals surface area (Å²) < 4.78 is 9.32. The third-order valence-corrected chi connectivity index (χ3v) is 5.00. The lowest BCUT2D eigenvalue weighted by Crippen LogP contribution is -2.27. The minimum absolute atomic E-state index is 0.166. The fourth-order valence-electron chi connectivity index (χ4n) is 3.47. The highest BCUT2D eigenvalue weighted by Gasteiger charge is 2.23. The second-order valence-corrected chi connectivity index (χ2v) is 6.64. The minimum Gasteiger partial charge on any atom is -0.507 e. The van der Waals surface area contributed by atoms with Crippen LogP contribution in [0.15, 0.2) is 71.5 Å². The van der Waals surface area contributed by atoms with Gasteiger partial charge in [-0.05, 0) is 31.2 Å². The molecule has 0 saturated carbocycles. The maximum absolute atomic E-state index is 13.1. The van der Waals surface area contributed by atoms with E-state index in [0.29, 0.717) is 16.7 Å². The first-order chi connectivity index (χ1) is 13.5. The van der Waals surface area contributed by atoms with Gasteiger partial charge in [-0.2, -0.15) is 0 Å². The number of fused-ring (bicyclic) bond motifs is 1. The number of hydrogen-bond acceptors (Lipinski definition) is 4. The summed E-state index contributed by atoms with van der Waals surface area (Å²) in [5.41, 5.74) is 7.96. The Kier molecular flexibility index (Phi) is 4.41. The van der Waals surface area contributed by atoms with Gasteiger partial charge in [-0.1, -0.05) is 42.5 Å². The summed E-state index contributed by atoms with van der Waals surface area (Å²) in [6.45, 7) is 1.84. The first-order valence-electron chi connectivity index (χ1n) is 8.96. The smallest absolute Gasteiger partial charge is 0.280 e. The van der Waals surface area contributed by atoms with Crippen molar-refractivity contribution in [1.82, 2.24) is 9.36 Å². The highest BCUT2D eigenvalue weighted by molar-refractivity contribution is 5.92. The molecule has 0 aliphatic rings. The summed E-state index contributed by atoms with van der Waals surface area (Å²) in [5, 5.41) is 11.5. The van der Waals surface area contributed by atoms with Crippen molar-refractivity contribution in [3.8, 4) is 17.2 Å². The van der Waals surface area contributed by atoms with Crippen LogP contribution in [0, 0.1) is 6.92 Å². The molecular formula is C22H21N3O3. The van der Waals surface area contributed by atoms with E-state index in [1.54, 1.807) is 27.6 Å². The molecule has 0 radical (unpaired) electrons. The Hall–Kier alpha value is -3.51. The third kappa shape index (κ3) is 2.84. The highest BCUT2D eigenvalue weighted by atomic mass is 16.5. The molecule has 3 aromatic carbocycles. The zero-order chi connectivity index (χ0) is 19.8. The van der Waals surface area contributed by atoms with Gasteiger partial charge in [-0.15, -0.1) is 0 Å². The highest BCUT2D eigenvalue weighted by Crippen LogP contribution is 2.33. The van der Waals surface area contributed by atoms with Gasteiger partial charge in [0.25, 0.3) is 5.56 Å². The van der Waals surface area contributed by atoms with E-state index in [-0.39, 0.29) is 11.3 Å². The Labute approximate surface area is 162 Å². The molecule has 1 unspecified atom stereocenters. The molecule has 0 aliphatic heterocycles. The molecule has 0 fully saturated rings. The number of para-hydroxylation sites is 1. The predicted octanol–water partition coefficient (Wildman–Crippen LogP) is 3.38. The fourth-order valence-corrected chi connectivity index (χ4v) is 3.47. The van der Waals surface area contributed by atoms with Crippen LogP contribution in [-0.2, 0) is 7.05 Å². The van der Waals surface area contributed by atoms with Gasteiger partial charge in [-0.3, -0.25) is 15.2 Å². The van der Waals surface area contributed by atoms with Gasteiger partial charge in [0.05, 0.1) is 11.3 Å². The molecule has 6 heteroatoms. The van der Waals surface area contributed by atoms with Crippen molar-refractivity contribution >= 4 is 10.8 Å². The molecule has 0 bridgehead atoms. The summed E-state index contributed by atoms with van der Waals surface area (Å²) >= 11 is 0. The quantitative estimate of drug-likeness (QED) is 0.536. The van der Waals surface area contributed by atoms with Crippen LogP contribution in [0.25, 0.3) is 16.5 Å². The number of nitrogens with two attached hydrogens (primary N) is 1. The van der Waals surface area contributed by atoms with E-state index in [4.69, 9.17) is 10.5 Å². The molecular weight excluding hydrogens is 354 g/mol. The Bertz CT molecular complexity index is 1210. The zero-order valence-electron chi connectivity index (χ0n) is 15.7. The Balaban J connectivity index is 1.77. The van der Waals surface area contributed by atoms with Crippen LogP contribution in [0.3, 0.4) is 0 Å². The van der Waals surface area contributed by atoms with E-state index in [9.17, 15) is 9.90 Å². The topological polar surface area (TPSA) is 82.4 Å². The average Bonchev–Trinajstić information content (AvgIpc) is 2.93. The lowest BCUT2D eigenvalue weighted by atomic mass is 10.1. The van der Waals surface area contributed by atoms with Crippen LogP contribution in [0.2, 0.25) is 0 Å². The molecule has 0 amide bonds. The summed E-state index contributed by atoms with van der Waals surface area (Å²) in [5.74, 6) is 0.675. The van der Waals surface area contributed by atoms with E-state index in [2.05, 4.69) is 0 Å². The van der Waals surface area contributed by atoms with Crippen molar-refractivity contribution in [3.05, 3.63) is 88.3 Å². The molecule has 0 aliphatic carbocycles. The molecule has 1 heterocycles. The first-order valence-corrected chi connectivity index (χ1v) is 8.96. The van der Waals surface area contributed by atoms with Crippen LogP contribution in [-0.4, -0.2) is 14.5 Å². The van der Waals surface area contributed by atoms with Crippen LogP contribution in [0.5, 0.6) is 11.5 Å². The van der Waals surface area contributed by atoms with Crippen molar-refractivity contribution in [1.29, 1.82) is 0 Å². The van der Waals surface area contributed by atoms with Gasteiger partial charge in [0.1, 0.15) is 11.5 Å². The lowest BCUT2D eigenvalue weighted by Gasteiger charge is -2.16. The Morgan fingerprint density at radius 1 is 0.964 bits per heavy atom. The number of aromatic nitrogens is 2. The average molecular weight is 375 g/mol. The number of rotatable bonds is 4. The molecule has 142 valence electrons. The van der Waals surface area contributed by atoms with Crippen molar-refractivity contribution in [2.24, 2.45) is 12.8 Å². The van der Waals surface area contributed by atoms with Gasteiger partial charge < -0.3 is 9.84 Å². The number of hydrogen-bond donors (Lipinski definition) is 2. The number of phenols is 1. The third-order valence-electron chi connectivity index (χ3n) is 5.00. The van der Waals surface area contributed by atoms with E-state index in [1.165, 1.54) is 0 Å². The largest absolute Gasteiger partial charge is 0.507 e. The molecule has 4 rings (SSSR count). The van der Waals surface area contributed by atoms with Crippen molar-refractivity contribution in [2.75, 3.05) is 0 Å². The van der Waals surface area contributed by atoms with Crippen LogP contribution in [0.4, 0.5) is 0 Å². The maximum atomic E-state index is 13.1. The van der Waals surface area contributed by atoms with E-state index < -0.39 is 6.23 Å². The Morgan fingerprint density at radius 2 is 1.61 bits per heavy atom. The van der Waals surface area contributed by atoms with Gasteiger partial charge in [0.2, 0.25) is 0 Å². The zero-order valence-corrected chi connectivity index (χ0v) is 15.7. The summed E-state index contributed by atoms with van der Waals surface area (Å²) in [6.07, 6.45) is -0.948. The van der Waals surface area contributed by atoms with E-state index in [0.717, 1.165) is 16.8 Å². The first kappa shape index (κ1) is 17.9. The summed E-state index contributed by atoms with van der Waals surface area (Å²) in [6, 6.07) is 19.9. The number of nitrogens with zero attached hydrogens (tertiary/aromatic N) is 2. The van der Waals surface area contributed by atoms with Crippen LogP contribution in [0.1, 0.15) is 17.5 Å². The van der Waals surface area contributed by atoms with Gasteiger partial charge in [-0.25, -0.2) is 4.68 Å². The number of ether oxygens (including phenoxy) is 1. The van der Waals surface area contributed by atoms with Crippen molar-refractivity contribution in [2.45, 2.75) is 13.2 Å². The normalized spacial score (nSPS) is 12.2. The Morgan fingerprint density at radius 3 is 2.32 bits per heavy atom. The lowest BCUT2D eigenvalue weighted by molar-refractivity contribution is 0.215. The van der Waals surface area contributed by atoms with Gasteiger partial charge >= 0.3 is 0 Å². The molecule has 6 nitrogen and oxygen atoms in total. The molecule has 1 aromatic heterocycles. The second kappa shape index (κ2) is 6.90. The second-order valence-electron chi connectivity index (χ2n) is 6.64. The SMILES string of the molecule is Cc1c(C(N)Oc2ccc(O)c3ccccc23)c(=O)n(-c2ccccc2)n1C. The predicted molar refractivity (Wildman–Crippen MR) is 109 cm³/mol. The van der Waals surface area contributed by atoms with Crippen molar-refractivity contribution in [3.63, 3.8) is 0 Å². The summed E-state index contributed by atoms with van der Waals surface area (Å²) in [7, 11) is 1.82. The molecule has 4 aromatic rings. The molecule has 0 saturated heterocycles. The minimum atomic E-state index is -0.948. The molecule has 1 atom stereocenters. The van der Waals surface area contributed by atoms with Gasteiger partial charge in [0, 0.05) is 23.5 Å². The van der Waals surface area contributed by atoms with Crippen LogP contribution < -0.4 is 16.0 Å². The standard InChI is InChI=1S/C22H21N3O3/c1-14-20(22(27)25(24(14)2)15-8-4-3-5-9-15)21(23)28-19-13-12-18(26)16-10-6-7-11-17(16)19/h3-13,21,26H,23H2,1-2H3. The number of benzene rings is 3. The number of phenolic OH excluding ortho intramolecular Hbond substituents is 1. The molecule has 28 heavy (non-hydrogen) atoms. The van der Waals surface area contributed by atoms with Crippen LogP contribution >= 0.6 is 0 Å². The number of aromatic hydroxyl groups is 1. The molecule has 0 spiro atoms. The van der Waals surface area contributed by atoms with Gasteiger partial charge in [0.15, 0.2) is 6.23 Å². The van der Waals surface area contributed by atoms with E-state index >= 15 is 0 Å².